The summed E-state index contributed by atoms with van der Waals surface area (Å²) >= 11 is 3.00. The zero-order chi connectivity index (χ0) is 13.1. The summed E-state index contributed by atoms with van der Waals surface area (Å²) in [4.78, 5) is 3.27. The lowest BCUT2D eigenvalue weighted by Crippen LogP contribution is -2.48. The Labute approximate surface area is 115 Å². The number of ether oxygens (including phenoxy) is 1. The van der Waals surface area contributed by atoms with Gasteiger partial charge in [0.25, 0.3) is 0 Å². The summed E-state index contributed by atoms with van der Waals surface area (Å²) in [7, 11) is 0. The van der Waals surface area contributed by atoms with Gasteiger partial charge in [-0.2, -0.15) is 0 Å². The van der Waals surface area contributed by atoms with Crippen LogP contribution < -0.4 is 5.32 Å². The summed E-state index contributed by atoms with van der Waals surface area (Å²) in [5, 5.41) is 12.5. The lowest BCUT2D eigenvalue weighted by Gasteiger charge is -2.35. The predicted octanol–water partition coefficient (Wildman–Crippen LogP) is 1.13. The van der Waals surface area contributed by atoms with Gasteiger partial charge < -0.3 is 9.84 Å². The van der Waals surface area contributed by atoms with E-state index < -0.39 is 6.04 Å². The van der Waals surface area contributed by atoms with Gasteiger partial charge in [-0.1, -0.05) is 22.0 Å². The van der Waals surface area contributed by atoms with Crippen LogP contribution in [0.3, 0.4) is 0 Å². The second-order valence-corrected chi connectivity index (χ2v) is 5.00. The van der Waals surface area contributed by atoms with Crippen molar-refractivity contribution in [3.63, 3.8) is 0 Å². The number of nitrogens with zero attached hydrogens (tertiary/aromatic N) is 1. The molecule has 2 aliphatic rings. The second-order valence-electron chi connectivity index (χ2n) is 4.54. The molecule has 0 saturated carbocycles. The molecule has 2 aliphatic heterocycles. The number of rotatable bonds is 5. The number of halogens is 2. The topological polar surface area (TPSA) is 44.7 Å². The predicted molar refractivity (Wildman–Crippen MR) is 71.0 cm³/mol. The Morgan fingerprint density at radius 3 is 2.83 bits per heavy atom. The summed E-state index contributed by atoms with van der Waals surface area (Å²) < 4.78 is 19.2. The van der Waals surface area contributed by atoms with E-state index in [9.17, 15) is 9.50 Å². The van der Waals surface area contributed by atoms with Crippen molar-refractivity contribution in [3.8, 4) is 0 Å². The zero-order valence-electron chi connectivity index (χ0n) is 10.1. The molecule has 102 valence electrons. The molecular formula is C12H18BrFN2O2. The second kappa shape index (κ2) is 6.25. The van der Waals surface area contributed by atoms with Gasteiger partial charge in [0, 0.05) is 18.1 Å². The number of hydrogen-bond donors (Lipinski definition) is 2. The Morgan fingerprint density at radius 1 is 1.67 bits per heavy atom. The van der Waals surface area contributed by atoms with Crippen molar-refractivity contribution in [1.29, 1.82) is 0 Å². The first kappa shape index (κ1) is 14.1. The molecule has 0 aromatic heterocycles. The molecule has 0 amide bonds. The van der Waals surface area contributed by atoms with E-state index >= 15 is 0 Å². The van der Waals surface area contributed by atoms with Gasteiger partial charge in [0.1, 0.15) is 5.83 Å². The van der Waals surface area contributed by atoms with Crippen molar-refractivity contribution in [2.45, 2.75) is 30.8 Å². The number of aliphatic hydroxyl groups is 1. The smallest absolute Gasteiger partial charge is 0.126 e. The molecule has 2 rings (SSSR count). The van der Waals surface area contributed by atoms with Gasteiger partial charge in [0.05, 0.1) is 31.0 Å². The van der Waals surface area contributed by atoms with Crippen LogP contribution in [0, 0.1) is 0 Å². The summed E-state index contributed by atoms with van der Waals surface area (Å²) in [6.07, 6.45) is 2.64. The Kier molecular flexibility index (Phi) is 4.91. The third-order valence-electron chi connectivity index (χ3n) is 3.52. The quantitative estimate of drug-likeness (QED) is 0.745. The fourth-order valence-corrected chi connectivity index (χ4v) is 2.74. The molecule has 2 N–H and O–H groups in total. The van der Waals surface area contributed by atoms with Crippen LogP contribution >= 0.6 is 15.9 Å². The summed E-state index contributed by atoms with van der Waals surface area (Å²) in [5.41, 5.74) is 0. The molecule has 0 spiro atoms. The van der Waals surface area contributed by atoms with Crippen LogP contribution in [0.1, 0.15) is 6.42 Å². The van der Waals surface area contributed by atoms with E-state index in [-0.39, 0.29) is 30.7 Å². The Balaban J connectivity index is 2.10. The molecule has 0 bridgehead atoms. The normalized spacial score (nSPS) is 37.6. The van der Waals surface area contributed by atoms with Crippen molar-refractivity contribution in [3.05, 3.63) is 23.5 Å². The monoisotopic (exact) mass is 320 g/mol. The fourth-order valence-electron chi connectivity index (χ4n) is 2.45. The van der Waals surface area contributed by atoms with Crippen molar-refractivity contribution < 1.29 is 14.2 Å². The molecule has 0 radical (unpaired) electrons. The SMILES string of the molecule is C=CC1C(/C(F)=C/Br)N[C@H](CO)N1C[C@@H]1CCO1. The van der Waals surface area contributed by atoms with Crippen molar-refractivity contribution in [2.75, 3.05) is 19.8 Å². The Morgan fingerprint density at radius 2 is 2.39 bits per heavy atom. The van der Waals surface area contributed by atoms with E-state index in [1.807, 2.05) is 4.90 Å². The molecule has 18 heavy (non-hydrogen) atoms. The molecule has 2 unspecified atom stereocenters. The molecule has 0 aliphatic carbocycles. The van der Waals surface area contributed by atoms with Gasteiger partial charge in [-0.3, -0.25) is 10.2 Å². The molecule has 2 saturated heterocycles. The van der Waals surface area contributed by atoms with E-state index in [1.54, 1.807) is 6.08 Å². The highest BCUT2D eigenvalue weighted by Gasteiger charge is 2.42. The molecule has 6 heteroatoms. The maximum atomic E-state index is 13.8. The van der Waals surface area contributed by atoms with Crippen LogP contribution in [-0.2, 0) is 4.74 Å². The van der Waals surface area contributed by atoms with Crippen LogP contribution in [0.4, 0.5) is 4.39 Å². The van der Waals surface area contributed by atoms with Crippen LogP contribution in [0.15, 0.2) is 23.5 Å². The van der Waals surface area contributed by atoms with Crippen LogP contribution in [0.2, 0.25) is 0 Å². The molecule has 4 nitrogen and oxygen atoms in total. The lowest BCUT2D eigenvalue weighted by atomic mass is 10.1. The molecule has 0 aromatic carbocycles. The summed E-state index contributed by atoms with van der Waals surface area (Å²) in [5.74, 6) is -0.296. The van der Waals surface area contributed by atoms with Crippen molar-refractivity contribution >= 4 is 15.9 Å². The van der Waals surface area contributed by atoms with Gasteiger partial charge in [0.2, 0.25) is 0 Å². The van der Waals surface area contributed by atoms with Gasteiger partial charge in [-0.15, -0.1) is 6.58 Å². The maximum Gasteiger partial charge on any atom is 0.126 e. The third-order valence-corrected chi connectivity index (χ3v) is 3.96. The highest BCUT2D eigenvalue weighted by Crippen LogP contribution is 2.26. The van der Waals surface area contributed by atoms with Gasteiger partial charge >= 0.3 is 0 Å². The van der Waals surface area contributed by atoms with E-state index in [0.717, 1.165) is 13.0 Å². The van der Waals surface area contributed by atoms with Crippen molar-refractivity contribution in [1.82, 2.24) is 10.2 Å². The minimum Gasteiger partial charge on any atom is -0.393 e. The van der Waals surface area contributed by atoms with Crippen LogP contribution in [0.5, 0.6) is 0 Å². The highest BCUT2D eigenvalue weighted by atomic mass is 79.9. The highest BCUT2D eigenvalue weighted by molar-refractivity contribution is 9.11. The average Bonchev–Trinajstić information content (AvgIpc) is 2.70. The maximum absolute atomic E-state index is 13.8. The fraction of sp³-hybridized carbons (Fsp3) is 0.667. The minimum atomic E-state index is -0.473. The lowest BCUT2D eigenvalue weighted by molar-refractivity contribution is -0.0741. The van der Waals surface area contributed by atoms with Gasteiger partial charge in [-0.05, 0) is 6.42 Å². The number of aliphatic hydroxyl groups excluding tert-OH is 1. The average molecular weight is 321 g/mol. The first-order valence-corrected chi connectivity index (χ1v) is 6.95. The van der Waals surface area contributed by atoms with E-state index in [4.69, 9.17) is 4.74 Å². The standard InChI is InChI=1S/C12H18BrFN2O2/c1-2-10-12(9(14)5-13)15-11(7-17)16(10)6-8-3-4-18-8/h2,5,8,10-12,15,17H,1,3-4,6-7H2/b9-5-/t8-,10?,11-,12?/m0/s1. The first-order valence-electron chi connectivity index (χ1n) is 6.03. The summed E-state index contributed by atoms with van der Waals surface area (Å²) in [6.45, 7) is 5.17. The van der Waals surface area contributed by atoms with Gasteiger partial charge in [-0.25, -0.2) is 4.39 Å². The molecule has 2 heterocycles. The molecule has 2 fully saturated rings. The Bertz CT molecular complexity index is 336. The molecular weight excluding hydrogens is 303 g/mol. The van der Waals surface area contributed by atoms with Crippen molar-refractivity contribution in [2.24, 2.45) is 0 Å². The van der Waals surface area contributed by atoms with Crippen LogP contribution in [-0.4, -0.2) is 54.1 Å². The Hall–Kier alpha value is -0.270. The molecule has 4 atom stereocenters. The summed E-state index contributed by atoms with van der Waals surface area (Å²) in [6, 6.07) is -0.653. The largest absolute Gasteiger partial charge is 0.393 e. The van der Waals surface area contributed by atoms with Crippen LogP contribution in [0.25, 0.3) is 0 Å². The first-order chi connectivity index (χ1) is 8.71. The molecule has 0 aromatic rings. The minimum absolute atomic E-state index is 0.0663. The van der Waals surface area contributed by atoms with E-state index in [0.29, 0.717) is 6.54 Å². The number of nitrogens with one attached hydrogen (secondary N) is 1. The van der Waals surface area contributed by atoms with Gasteiger partial charge in [0.15, 0.2) is 0 Å². The van der Waals surface area contributed by atoms with E-state index in [2.05, 4.69) is 27.8 Å². The third kappa shape index (κ3) is 2.67. The van der Waals surface area contributed by atoms with E-state index in [1.165, 1.54) is 4.99 Å². The zero-order valence-corrected chi connectivity index (χ0v) is 11.6. The number of hydrogen-bond acceptors (Lipinski definition) is 4.